The molecule has 0 fully saturated rings. The Morgan fingerprint density at radius 1 is 0.941 bits per heavy atom. The van der Waals surface area contributed by atoms with Crippen LogP contribution in [0.15, 0.2) is 84.9 Å². The molecule has 5 rings (SSSR count). The summed E-state index contributed by atoms with van der Waals surface area (Å²) in [4.78, 5) is 19.3. The van der Waals surface area contributed by atoms with Gasteiger partial charge in [-0.05, 0) is 47.9 Å². The molecule has 0 radical (unpaired) electrons. The van der Waals surface area contributed by atoms with Crippen molar-refractivity contribution >= 4 is 38.8 Å². The van der Waals surface area contributed by atoms with Crippen LogP contribution in [0.1, 0.15) is 15.2 Å². The second kappa shape index (κ2) is 9.00. The number of carbonyl (C=O) groups is 1. The van der Waals surface area contributed by atoms with Crippen LogP contribution in [-0.2, 0) is 0 Å². The van der Waals surface area contributed by atoms with Crippen LogP contribution >= 0.6 is 11.3 Å². The van der Waals surface area contributed by atoms with Crippen LogP contribution in [0.5, 0.6) is 5.75 Å². The number of nitrogens with zero attached hydrogens (tertiary/aromatic N) is 1. The molecule has 0 atom stereocenters. The minimum atomic E-state index is -0.239. The predicted octanol–water partition coefficient (Wildman–Crippen LogP) is 6.78. The fourth-order valence-electron chi connectivity index (χ4n) is 3.94. The second-order valence-electron chi connectivity index (χ2n) is 7.94. The highest BCUT2D eigenvalue weighted by Crippen LogP contribution is 2.42. The Morgan fingerprint density at radius 2 is 1.65 bits per heavy atom. The van der Waals surface area contributed by atoms with Gasteiger partial charge in [0.05, 0.1) is 18.5 Å². The quantitative estimate of drug-likeness (QED) is 0.300. The summed E-state index contributed by atoms with van der Waals surface area (Å²) in [5.41, 5.74) is 12.5. The number of nitrogen functional groups attached to an aromatic ring is 1. The van der Waals surface area contributed by atoms with E-state index >= 15 is 0 Å². The van der Waals surface area contributed by atoms with E-state index < -0.39 is 0 Å². The third-order valence-corrected chi connectivity index (χ3v) is 6.87. The molecule has 0 spiro atoms. The maximum atomic E-state index is 13.2. The predicted molar refractivity (Wildman–Crippen MR) is 141 cm³/mol. The number of carbonyl (C=O) groups excluding carboxylic acids is 1. The first-order valence-electron chi connectivity index (χ1n) is 10.8. The van der Waals surface area contributed by atoms with Crippen molar-refractivity contribution in [1.29, 1.82) is 0 Å². The highest BCUT2D eigenvalue weighted by molar-refractivity contribution is 7.21. The summed E-state index contributed by atoms with van der Waals surface area (Å²) in [6, 6.07) is 27.5. The van der Waals surface area contributed by atoms with E-state index in [2.05, 4.69) is 5.32 Å². The molecule has 34 heavy (non-hydrogen) atoms. The average molecular weight is 466 g/mol. The van der Waals surface area contributed by atoms with E-state index in [0.717, 1.165) is 49.6 Å². The Balaban J connectivity index is 1.67. The molecule has 6 heteroatoms. The van der Waals surface area contributed by atoms with Crippen molar-refractivity contribution in [3.8, 4) is 28.1 Å². The zero-order valence-corrected chi connectivity index (χ0v) is 19.6. The van der Waals surface area contributed by atoms with E-state index in [9.17, 15) is 4.79 Å². The van der Waals surface area contributed by atoms with E-state index in [1.165, 1.54) is 11.3 Å². The van der Waals surface area contributed by atoms with Crippen LogP contribution in [0.4, 0.5) is 11.4 Å². The van der Waals surface area contributed by atoms with Gasteiger partial charge >= 0.3 is 0 Å². The van der Waals surface area contributed by atoms with Crippen molar-refractivity contribution in [2.45, 2.75) is 6.92 Å². The fraction of sp³-hybridized carbons (Fsp3) is 0.0714. The SMILES string of the molecule is COc1ccc(-c2cc(-c3ccccc3)nc3sc(C(=O)Nc4ccccc4C)c(N)c23)cc1. The van der Waals surface area contributed by atoms with Crippen molar-refractivity contribution in [3.63, 3.8) is 0 Å². The van der Waals surface area contributed by atoms with Crippen LogP contribution in [0.2, 0.25) is 0 Å². The minimum Gasteiger partial charge on any atom is -0.497 e. The molecule has 3 N–H and O–H groups in total. The first-order valence-corrected chi connectivity index (χ1v) is 11.7. The van der Waals surface area contributed by atoms with E-state index in [1.54, 1.807) is 7.11 Å². The molecule has 0 aliphatic carbocycles. The molecule has 0 bridgehead atoms. The zero-order chi connectivity index (χ0) is 23.7. The first kappa shape index (κ1) is 21.7. The second-order valence-corrected chi connectivity index (χ2v) is 8.94. The molecular formula is C28H23N3O2S. The number of thiophene rings is 1. The lowest BCUT2D eigenvalue weighted by molar-refractivity contribution is 0.103. The van der Waals surface area contributed by atoms with Gasteiger partial charge in [0.2, 0.25) is 0 Å². The molecule has 0 saturated carbocycles. The Hall–Kier alpha value is -4.16. The van der Waals surface area contributed by atoms with Crippen LogP contribution in [-0.4, -0.2) is 18.0 Å². The Labute approximate surface area is 201 Å². The van der Waals surface area contributed by atoms with Crippen LogP contribution in [0.3, 0.4) is 0 Å². The average Bonchev–Trinajstić information content (AvgIpc) is 3.22. The Bertz CT molecular complexity index is 1490. The number of anilines is 2. The molecule has 0 unspecified atom stereocenters. The van der Waals surface area contributed by atoms with Crippen molar-refractivity contribution in [2.24, 2.45) is 0 Å². The molecule has 168 valence electrons. The number of methoxy groups -OCH3 is 1. The summed E-state index contributed by atoms with van der Waals surface area (Å²) in [7, 11) is 1.64. The van der Waals surface area contributed by atoms with Gasteiger partial charge in [0.1, 0.15) is 15.5 Å². The van der Waals surface area contributed by atoms with Crippen molar-refractivity contribution < 1.29 is 9.53 Å². The van der Waals surface area contributed by atoms with Gasteiger partial charge in [0, 0.05) is 16.6 Å². The normalized spacial score (nSPS) is 10.9. The molecule has 0 aliphatic rings. The zero-order valence-electron chi connectivity index (χ0n) is 18.8. The number of aromatic nitrogens is 1. The number of hydrogen-bond acceptors (Lipinski definition) is 5. The summed E-state index contributed by atoms with van der Waals surface area (Å²) >= 11 is 1.31. The smallest absolute Gasteiger partial charge is 0.267 e. The summed E-state index contributed by atoms with van der Waals surface area (Å²) in [5, 5.41) is 3.78. The van der Waals surface area contributed by atoms with E-state index in [0.29, 0.717) is 10.6 Å². The standard InChI is InChI=1S/C28H23N3O2S/c1-17-8-6-7-11-22(17)30-27(32)26-25(29)24-21(18-12-14-20(33-2)15-13-18)16-23(31-28(24)34-26)19-9-4-3-5-10-19/h3-16H,29H2,1-2H3,(H,30,32). The number of ether oxygens (including phenoxy) is 1. The number of fused-ring (bicyclic) bond motifs is 1. The minimum absolute atomic E-state index is 0.239. The van der Waals surface area contributed by atoms with Gasteiger partial charge < -0.3 is 15.8 Å². The number of rotatable bonds is 5. The summed E-state index contributed by atoms with van der Waals surface area (Å²) in [6.45, 7) is 1.96. The Morgan fingerprint density at radius 3 is 2.35 bits per heavy atom. The molecule has 2 aromatic heterocycles. The molecule has 5 aromatic rings. The number of amides is 1. The number of nitrogens with one attached hydrogen (secondary N) is 1. The van der Waals surface area contributed by atoms with Crippen LogP contribution in [0.25, 0.3) is 32.6 Å². The lowest BCUT2D eigenvalue weighted by atomic mass is 9.99. The summed E-state index contributed by atoms with van der Waals surface area (Å²) < 4.78 is 5.32. The highest BCUT2D eigenvalue weighted by Gasteiger charge is 2.22. The number of aryl methyl sites for hydroxylation is 1. The largest absolute Gasteiger partial charge is 0.497 e. The lowest BCUT2D eigenvalue weighted by Crippen LogP contribution is -2.12. The lowest BCUT2D eigenvalue weighted by Gasteiger charge is -2.10. The fourth-order valence-corrected chi connectivity index (χ4v) is 4.95. The molecule has 0 aliphatic heterocycles. The third-order valence-electron chi connectivity index (χ3n) is 5.77. The third kappa shape index (κ3) is 4.00. The molecule has 3 aromatic carbocycles. The maximum absolute atomic E-state index is 13.2. The van der Waals surface area contributed by atoms with E-state index in [-0.39, 0.29) is 5.91 Å². The summed E-state index contributed by atoms with van der Waals surface area (Å²) in [5.74, 6) is 0.533. The topological polar surface area (TPSA) is 77.2 Å². The van der Waals surface area contributed by atoms with Gasteiger partial charge in [-0.3, -0.25) is 4.79 Å². The summed E-state index contributed by atoms with van der Waals surface area (Å²) in [6.07, 6.45) is 0. The van der Waals surface area contributed by atoms with Crippen molar-refractivity contribution in [3.05, 3.63) is 95.4 Å². The maximum Gasteiger partial charge on any atom is 0.267 e. The molecule has 0 saturated heterocycles. The van der Waals surface area contributed by atoms with Gasteiger partial charge in [0.15, 0.2) is 0 Å². The van der Waals surface area contributed by atoms with Gasteiger partial charge in [-0.25, -0.2) is 4.98 Å². The molecular weight excluding hydrogens is 442 g/mol. The number of para-hydroxylation sites is 1. The number of nitrogens with two attached hydrogens (primary N) is 1. The van der Waals surface area contributed by atoms with Gasteiger partial charge in [0.25, 0.3) is 5.91 Å². The van der Waals surface area contributed by atoms with Crippen LogP contribution < -0.4 is 15.8 Å². The van der Waals surface area contributed by atoms with E-state index in [1.807, 2.05) is 91.9 Å². The monoisotopic (exact) mass is 465 g/mol. The number of benzene rings is 3. The molecule has 2 heterocycles. The number of pyridine rings is 1. The van der Waals surface area contributed by atoms with Crippen molar-refractivity contribution in [2.75, 3.05) is 18.2 Å². The number of hydrogen-bond donors (Lipinski definition) is 2. The van der Waals surface area contributed by atoms with E-state index in [4.69, 9.17) is 15.5 Å². The van der Waals surface area contributed by atoms with Crippen molar-refractivity contribution in [1.82, 2.24) is 4.98 Å². The van der Waals surface area contributed by atoms with Gasteiger partial charge in [-0.1, -0.05) is 60.7 Å². The first-order chi connectivity index (χ1) is 16.5. The highest BCUT2D eigenvalue weighted by atomic mass is 32.1. The Kier molecular flexibility index (Phi) is 5.74. The van der Waals surface area contributed by atoms with Gasteiger partial charge in [-0.2, -0.15) is 0 Å². The van der Waals surface area contributed by atoms with Gasteiger partial charge in [-0.15, -0.1) is 11.3 Å². The van der Waals surface area contributed by atoms with Crippen LogP contribution in [0, 0.1) is 6.92 Å². The molecule has 1 amide bonds. The molecule has 5 nitrogen and oxygen atoms in total.